The number of aryl methyl sites for hydroxylation is 1. The molecule has 1 atom stereocenters. The van der Waals surface area contributed by atoms with E-state index in [1.165, 1.54) is 0 Å². The summed E-state index contributed by atoms with van der Waals surface area (Å²) in [5.41, 5.74) is 1.67. The van der Waals surface area contributed by atoms with Gasteiger partial charge >= 0.3 is 5.97 Å². The molecule has 0 fully saturated rings. The van der Waals surface area contributed by atoms with Crippen LogP contribution in [0.15, 0.2) is 4.47 Å². The van der Waals surface area contributed by atoms with Gasteiger partial charge in [0.15, 0.2) is 6.04 Å². The highest BCUT2D eigenvalue weighted by molar-refractivity contribution is 9.10. The SMILES string of the molecule is Cc1nn(C(C(=O)O)C(C)C)c(C)c1Br. The van der Waals surface area contributed by atoms with Crippen LogP contribution in [-0.4, -0.2) is 20.9 Å². The smallest absolute Gasteiger partial charge is 0.328 e. The summed E-state index contributed by atoms with van der Waals surface area (Å²) in [6.45, 7) is 7.47. The van der Waals surface area contributed by atoms with E-state index in [0.717, 1.165) is 15.9 Å². The van der Waals surface area contributed by atoms with Crippen molar-refractivity contribution < 1.29 is 9.90 Å². The van der Waals surface area contributed by atoms with Crippen LogP contribution in [0.1, 0.15) is 31.3 Å². The van der Waals surface area contributed by atoms with Gasteiger partial charge in [-0.05, 0) is 35.7 Å². The zero-order valence-corrected chi connectivity index (χ0v) is 10.9. The van der Waals surface area contributed by atoms with Crippen LogP contribution in [-0.2, 0) is 4.79 Å². The van der Waals surface area contributed by atoms with E-state index in [1.807, 2.05) is 27.7 Å². The van der Waals surface area contributed by atoms with Gasteiger partial charge in [-0.15, -0.1) is 0 Å². The molecule has 0 radical (unpaired) electrons. The zero-order chi connectivity index (χ0) is 11.7. The van der Waals surface area contributed by atoms with Gasteiger partial charge in [0.05, 0.1) is 15.9 Å². The number of hydrogen-bond acceptors (Lipinski definition) is 2. The molecule has 0 aliphatic heterocycles. The predicted molar refractivity (Wildman–Crippen MR) is 60.9 cm³/mol. The molecule has 0 aliphatic rings. The largest absolute Gasteiger partial charge is 0.480 e. The fourth-order valence-electron chi connectivity index (χ4n) is 1.59. The summed E-state index contributed by atoms with van der Waals surface area (Å²) < 4.78 is 2.46. The summed E-state index contributed by atoms with van der Waals surface area (Å²) in [6, 6.07) is -0.602. The van der Waals surface area contributed by atoms with Crippen molar-refractivity contribution in [1.82, 2.24) is 9.78 Å². The van der Waals surface area contributed by atoms with Gasteiger partial charge in [-0.3, -0.25) is 4.68 Å². The monoisotopic (exact) mass is 274 g/mol. The molecule has 1 unspecified atom stereocenters. The Bertz CT molecular complexity index is 385. The van der Waals surface area contributed by atoms with E-state index < -0.39 is 12.0 Å². The lowest BCUT2D eigenvalue weighted by molar-refractivity contribution is -0.142. The third-order valence-corrected chi connectivity index (χ3v) is 3.53. The van der Waals surface area contributed by atoms with Gasteiger partial charge in [0.25, 0.3) is 0 Å². The lowest BCUT2D eigenvalue weighted by Gasteiger charge is -2.18. The molecule has 1 aromatic rings. The highest BCUT2D eigenvalue weighted by atomic mass is 79.9. The van der Waals surface area contributed by atoms with Crippen molar-refractivity contribution in [3.8, 4) is 0 Å². The molecule has 4 nitrogen and oxygen atoms in total. The van der Waals surface area contributed by atoms with Crippen molar-refractivity contribution >= 4 is 21.9 Å². The summed E-state index contributed by atoms with van der Waals surface area (Å²) in [4.78, 5) is 11.1. The van der Waals surface area contributed by atoms with E-state index in [0.29, 0.717) is 0 Å². The quantitative estimate of drug-likeness (QED) is 0.922. The minimum Gasteiger partial charge on any atom is -0.480 e. The van der Waals surface area contributed by atoms with Crippen LogP contribution in [0.5, 0.6) is 0 Å². The Hall–Kier alpha value is -0.840. The fourth-order valence-corrected chi connectivity index (χ4v) is 1.85. The highest BCUT2D eigenvalue weighted by Crippen LogP contribution is 2.26. The van der Waals surface area contributed by atoms with Gasteiger partial charge in [0, 0.05) is 0 Å². The summed E-state index contributed by atoms with van der Waals surface area (Å²) in [6.07, 6.45) is 0. The first kappa shape index (κ1) is 12.2. The van der Waals surface area contributed by atoms with Crippen molar-refractivity contribution in [3.05, 3.63) is 15.9 Å². The normalized spacial score (nSPS) is 13.2. The van der Waals surface area contributed by atoms with Gasteiger partial charge in [-0.2, -0.15) is 5.10 Å². The van der Waals surface area contributed by atoms with E-state index in [1.54, 1.807) is 4.68 Å². The second-order valence-electron chi connectivity index (χ2n) is 3.96. The maximum Gasteiger partial charge on any atom is 0.328 e. The number of carboxylic acids is 1. The Morgan fingerprint density at radius 2 is 2.00 bits per heavy atom. The molecule has 0 aliphatic carbocycles. The third kappa shape index (κ3) is 2.22. The summed E-state index contributed by atoms with van der Waals surface area (Å²) in [5, 5.41) is 13.4. The molecule has 0 bridgehead atoms. The van der Waals surface area contributed by atoms with Crippen LogP contribution < -0.4 is 0 Å². The number of halogens is 1. The van der Waals surface area contributed by atoms with Gasteiger partial charge in [0.2, 0.25) is 0 Å². The van der Waals surface area contributed by atoms with Gasteiger partial charge in [-0.1, -0.05) is 13.8 Å². The van der Waals surface area contributed by atoms with Gasteiger partial charge in [0.1, 0.15) is 0 Å². The van der Waals surface area contributed by atoms with Crippen molar-refractivity contribution in [2.45, 2.75) is 33.7 Å². The van der Waals surface area contributed by atoms with E-state index in [4.69, 9.17) is 5.11 Å². The molecule has 1 N–H and O–H groups in total. The molecule has 1 aromatic heterocycles. The lowest BCUT2D eigenvalue weighted by atomic mass is 10.1. The molecule has 84 valence electrons. The van der Waals surface area contributed by atoms with Crippen LogP contribution >= 0.6 is 15.9 Å². The predicted octanol–water partition coefficient (Wildman–Crippen LogP) is 2.54. The molecular weight excluding hydrogens is 260 g/mol. The van der Waals surface area contributed by atoms with Crippen molar-refractivity contribution in [1.29, 1.82) is 0 Å². The minimum absolute atomic E-state index is 0.00685. The molecular formula is C10H15BrN2O2. The maximum absolute atomic E-state index is 11.1. The van der Waals surface area contributed by atoms with Crippen LogP contribution in [0, 0.1) is 19.8 Å². The molecule has 0 amide bonds. The standard InChI is InChI=1S/C10H15BrN2O2/c1-5(2)9(10(14)15)13-7(4)8(11)6(3)12-13/h5,9H,1-4H3,(H,14,15). The summed E-state index contributed by atoms with van der Waals surface area (Å²) >= 11 is 3.39. The Morgan fingerprint density at radius 3 is 2.27 bits per heavy atom. The second-order valence-corrected chi connectivity index (χ2v) is 4.75. The van der Waals surface area contributed by atoms with Crippen LogP contribution in [0.4, 0.5) is 0 Å². The van der Waals surface area contributed by atoms with Crippen LogP contribution in [0.2, 0.25) is 0 Å². The Kier molecular flexibility index (Phi) is 3.54. The number of carboxylic acid groups (broad SMARTS) is 1. The van der Waals surface area contributed by atoms with Crippen molar-refractivity contribution in [2.75, 3.05) is 0 Å². The molecule has 5 heteroatoms. The zero-order valence-electron chi connectivity index (χ0n) is 9.28. The average Bonchev–Trinajstić information content (AvgIpc) is 2.33. The number of nitrogens with zero attached hydrogens (tertiary/aromatic N) is 2. The van der Waals surface area contributed by atoms with E-state index in [-0.39, 0.29) is 5.92 Å². The number of hydrogen-bond donors (Lipinski definition) is 1. The molecule has 15 heavy (non-hydrogen) atoms. The number of rotatable bonds is 3. The topological polar surface area (TPSA) is 55.1 Å². The molecule has 0 spiro atoms. The van der Waals surface area contributed by atoms with E-state index in [2.05, 4.69) is 21.0 Å². The molecule has 1 rings (SSSR count). The van der Waals surface area contributed by atoms with Gasteiger partial charge in [-0.25, -0.2) is 4.79 Å². The lowest BCUT2D eigenvalue weighted by Crippen LogP contribution is -2.26. The van der Waals surface area contributed by atoms with E-state index >= 15 is 0 Å². The van der Waals surface area contributed by atoms with Crippen LogP contribution in [0.3, 0.4) is 0 Å². The summed E-state index contributed by atoms with van der Waals surface area (Å²) in [5.74, 6) is -0.837. The highest BCUT2D eigenvalue weighted by Gasteiger charge is 2.27. The number of aromatic nitrogens is 2. The average molecular weight is 275 g/mol. The second kappa shape index (κ2) is 4.35. The summed E-state index contributed by atoms with van der Waals surface area (Å²) in [7, 11) is 0. The molecule has 0 aromatic carbocycles. The first-order valence-electron chi connectivity index (χ1n) is 4.80. The van der Waals surface area contributed by atoms with Gasteiger partial charge < -0.3 is 5.11 Å². The maximum atomic E-state index is 11.1. The molecule has 0 saturated heterocycles. The van der Waals surface area contributed by atoms with Crippen molar-refractivity contribution in [2.24, 2.45) is 5.92 Å². The number of aliphatic carboxylic acids is 1. The third-order valence-electron chi connectivity index (χ3n) is 2.38. The minimum atomic E-state index is -0.844. The fraction of sp³-hybridized carbons (Fsp3) is 0.600. The Labute approximate surface area is 97.4 Å². The molecule has 1 heterocycles. The van der Waals surface area contributed by atoms with Crippen LogP contribution in [0.25, 0.3) is 0 Å². The van der Waals surface area contributed by atoms with E-state index in [9.17, 15) is 4.79 Å². The Morgan fingerprint density at radius 1 is 1.47 bits per heavy atom. The first-order valence-corrected chi connectivity index (χ1v) is 5.59. The van der Waals surface area contributed by atoms with Crippen molar-refractivity contribution in [3.63, 3.8) is 0 Å². The molecule has 0 saturated carbocycles. The Balaban J connectivity index is 3.23. The first-order chi connectivity index (χ1) is 6.86. The number of carbonyl (C=O) groups is 1.